The summed E-state index contributed by atoms with van der Waals surface area (Å²) >= 11 is 0. The molecule has 1 atom stereocenters. The maximum atomic E-state index is 10.2. The first-order valence-corrected chi connectivity index (χ1v) is 8.69. The zero-order chi connectivity index (χ0) is 17.6. The quantitative estimate of drug-likeness (QED) is 0.669. The number of nitrogens with one attached hydrogen (secondary N) is 1. The van der Waals surface area contributed by atoms with Crippen LogP contribution in [0.3, 0.4) is 0 Å². The standard InChI is InChI=1S/C22H24N2O/c1-24(2)19(14-17-8-4-3-5-9-17)15-23-16-21-20-11-7-6-10-18(20)12-13-22(21)25/h3-13,16,19,25H,14-15H2,1-2H3/p+1/t19-/m0/s1. The van der Waals surface area contributed by atoms with Crippen LogP contribution in [0.4, 0.5) is 0 Å². The maximum absolute atomic E-state index is 10.2. The van der Waals surface area contributed by atoms with Crippen LogP contribution in [0.2, 0.25) is 0 Å². The SMILES string of the molecule is C[NH+](C)[C@H](CN=Cc1c(O)ccc2ccccc12)Cc1ccccc1. The number of likely N-dealkylation sites (N-methyl/N-ethyl adjacent to an activating group) is 1. The Kier molecular flexibility index (Phi) is 5.46. The van der Waals surface area contributed by atoms with Crippen molar-refractivity contribution in [3.63, 3.8) is 0 Å². The topological polar surface area (TPSA) is 37.0 Å². The van der Waals surface area contributed by atoms with Gasteiger partial charge in [-0.3, -0.25) is 4.99 Å². The minimum absolute atomic E-state index is 0.277. The zero-order valence-corrected chi connectivity index (χ0v) is 14.8. The highest BCUT2D eigenvalue weighted by Crippen LogP contribution is 2.25. The average Bonchev–Trinajstić information content (AvgIpc) is 2.63. The van der Waals surface area contributed by atoms with E-state index in [-0.39, 0.29) is 5.75 Å². The fourth-order valence-electron chi connectivity index (χ4n) is 3.04. The lowest BCUT2D eigenvalue weighted by atomic mass is 10.0. The van der Waals surface area contributed by atoms with E-state index in [1.165, 1.54) is 10.5 Å². The number of fused-ring (bicyclic) bond motifs is 1. The van der Waals surface area contributed by atoms with E-state index in [0.29, 0.717) is 6.04 Å². The molecule has 0 heterocycles. The van der Waals surface area contributed by atoms with Gasteiger partial charge < -0.3 is 10.0 Å². The van der Waals surface area contributed by atoms with E-state index in [1.54, 1.807) is 6.07 Å². The largest absolute Gasteiger partial charge is 0.507 e. The molecule has 25 heavy (non-hydrogen) atoms. The molecule has 0 spiro atoms. The Hall–Kier alpha value is -2.65. The summed E-state index contributed by atoms with van der Waals surface area (Å²) in [6.45, 7) is 0.722. The third kappa shape index (κ3) is 4.25. The van der Waals surface area contributed by atoms with Crippen LogP contribution in [0.1, 0.15) is 11.1 Å². The van der Waals surface area contributed by atoms with Crippen LogP contribution in [0.15, 0.2) is 71.7 Å². The summed E-state index contributed by atoms with van der Waals surface area (Å²) in [6.07, 6.45) is 2.81. The molecule has 0 radical (unpaired) electrons. The summed E-state index contributed by atoms with van der Waals surface area (Å²) in [4.78, 5) is 6.04. The summed E-state index contributed by atoms with van der Waals surface area (Å²) in [7, 11) is 4.33. The van der Waals surface area contributed by atoms with Gasteiger partial charge in [0, 0.05) is 18.2 Å². The van der Waals surface area contributed by atoms with Gasteiger partial charge in [-0.2, -0.15) is 0 Å². The number of aliphatic imine (C=N–C) groups is 1. The molecular formula is C22H25N2O+. The Morgan fingerprint density at radius 1 is 0.960 bits per heavy atom. The van der Waals surface area contributed by atoms with Gasteiger partial charge in [-0.25, -0.2) is 0 Å². The van der Waals surface area contributed by atoms with Gasteiger partial charge in [0.1, 0.15) is 11.8 Å². The van der Waals surface area contributed by atoms with Crippen molar-refractivity contribution in [3.8, 4) is 5.75 Å². The lowest BCUT2D eigenvalue weighted by molar-refractivity contribution is -0.883. The molecule has 0 aliphatic rings. The molecule has 128 valence electrons. The molecule has 3 heteroatoms. The first-order chi connectivity index (χ1) is 12.1. The van der Waals surface area contributed by atoms with E-state index in [4.69, 9.17) is 0 Å². The molecule has 3 aromatic rings. The van der Waals surface area contributed by atoms with E-state index >= 15 is 0 Å². The lowest BCUT2D eigenvalue weighted by Crippen LogP contribution is -3.11. The minimum Gasteiger partial charge on any atom is -0.507 e. The van der Waals surface area contributed by atoms with Crippen LogP contribution in [-0.2, 0) is 6.42 Å². The van der Waals surface area contributed by atoms with Crippen molar-refractivity contribution in [1.29, 1.82) is 0 Å². The van der Waals surface area contributed by atoms with Crippen molar-refractivity contribution in [3.05, 3.63) is 77.9 Å². The second kappa shape index (κ2) is 7.95. The van der Waals surface area contributed by atoms with Gasteiger partial charge in [0.25, 0.3) is 0 Å². The van der Waals surface area contributed by atoms with E-state index in [1.807, 2.05) is 42.6 Å². The number of aromatic hydroxyl groups is 1. The van der Waals surface area contributed by atoms with Gasteiger partial charge in [-0.05, 0) is 22.4 Å². The monoisotopic (exact) mass is 333 g/mol. The Bertz CT molecular complexity index is 856. The molecule has 0 fully saturated rings. The number of benzene rings is 3. The van der Waals surface area contributed by atoms with Gasteiger partial charge in [0.15, 0.2) is 0 Å². The Balaban J connectivity index is 1.78. The lowest BCUT2D eigenvalue weighted by Gasteiger charge is -2.19. The summed E-state index contributed by atoms with van der Waals surface area (Å²) in [5.41, 5.74) is 2.13. The van der Waals surface area contributed by atoms with Gasteiger partial charge in [-0.15, -0.1) is 0 Å². The summed E-state index contributed by atoms with van der Waals surface area (Å²) < 4.78 is 0. The van der Waals surface area contributed by atoms with Crippen LogP contribution in [-0.4, -0.2) is 38.0 Å². The third-order valence-corrected chi connectivity index (χ3v) is 4.64. The molecule has 0 amide bonds. The normalized spacial score (nSPS) is 12.9. The van der Waals surface area contributed by atoms with Crippen LogP contribution in [0.25, 0.3) is 10.8 Å². The van der Waals surface area contributed by atoms with Crippen molar-refractivity contribution >= 4 is 17.0 Å². The Morgan fingerprint density at radius 3 is 2.44 bits per heavy atom. The number of hydrogen-bond acceptors (Lipinski definition) is 2. The number of rotatable bonds is 6. The molecular weight excluding hydrogens is 308 g/mol. The van der Waals surface area contributed by atoms with E-state index < -0.39 is 0 Å². The van der Waals surface area contributed by atoms with Crippen molar-refractivity contribution in [2.24, 2.45) is 4.99 Å². The summed E-state index contributed by atoms with van der Waals surface area (Å²) in [5, 5.41) is 12.4. The number of nitrogens with zero attached hydrogens (tertiary/aromatic N) is 1. The van der Waals surface area contributed by atoms with Crippen molar-refractivity contribution < 1.29 is 10.0 Å². The maximum Gasteiger partial charge on any atom is 0.124 e. The van der Waals surface area contributed by atoms with Crippen LogP contribution in [0, 0.1) is 0 Å². The molecule has 0 aromatic heterocycles. The molecule has 0 aliphatic carbocycles. The van der Waals surface area contributed by atoms with Crippen LogP contribution in [0.5, 0.6) is 5.75 Å². The second-order valence-corrected chi connectivity index (χ2v) is 6.68. The fraction of sp³-hybridized carbons (Fsp3) is 0.227. The molecule has 0 unspecified atom stereocenters. The molecule has 3 aromatic carbocycles. The molecule has 0 aliphatic heterocycles. The van der Waals surface area contributed by atoms with E-state index in [9.17, 15) is 5.11 Å². The Labute approximate surface area is 149 Å². The van der Waals surface area contributed by atoms with Crippen molar-refractivity contribution in [2.45, 2.75) is 12.5 Å². The molecule has 0 saturated carbocycles. The molecule has 3 nitrogen and oxygen atoms in total. The number of phenolic OH excluding ortho intramolecular Hbond substituents is 1. The minimum atomic E-state index is 0.277. The van der Waals surface area contributed by atoms with Gasteiger partial charge in [0.2, 0.25) is 0 Å². The number of quaternary nitrogens is 1. The summed E-state index contributed by atoms with van der Waals surface area (Å²) in [5.74, 6) is 0.277. The molecule has 3 rings (SSSR count). The molecule has 2 N–H and O–H groups in total. The predicted molar refractivity (Wildman–Crippen MR) is 105 cm³/mol. The average molecular weight is 333 g/mol. The van der Waals surface area contributed by atoms with E-state index in [2.05, 4.69) is 43.4 Å². The first kappa shape index (κ1) is 17.2. The Morgan fingerprint density at radius 2 is 1.68 bits per heavy atom. The van der Waals surface area contributed by atoms with E-state index in [0.717, 1.165) is 29.3 Å². The number of hydrogen-bond donors (Lipinski definition) is 2. The van der Waals surface area contributed by atoms with Gasteiger partial charge in [0.05, 0.1) is 20.6 Å². The smallest absolute Gasteiger partial charge is 0.124 e. The number of phenols is 1. The predicted octanol–water partition coefficient (Wildman–Crippen LogP) is 2.72. The molecule has 0 saturated heterocycles. The van der Waals surface area contributed by atoms with Gasteiger partial charge >= 0.3 is 0 Å². The second-order valence-electron chi connectivity index (χ2n) is 6.68. The van der Waals surface area contributed by atoms with Crippen molar-refractivity contribution in [1.82, 2.24) is 0 Å². The first-order valence-electron chi connectivity index (χ1n) is 8.69. The zero-order valence-electron chi connectivity index (χ0n) is 14.8. The molecule has 0 bridgehead atoms. The van der Waals surface area contributed by atoms with Crippen LogP contribution < -0.4 is 4.90 Å². The fourth-order valence-corrected chi connectivity index (χ4v) is 3.04. The van der Waals surface area contributed by atoms with Gasteiger partial charge in [-0.1, -0.05) is 60.7 Å². The summed E-state index contributed by atoms with van der Waals surface area (Å²) in [6, 6.07) is 22.7. The van der Waals surface area contributed by atoms with Crippen molar-refractivity contribution in [2.75, 3.05) is 20.6 Å². The highest BCUT2D eigenvalue weighted by atomic mass is 16.3. The highest BCUT2D eigenvalue weighted by molar-refractivity contribution is 6.02. The highest BCUT2D eigenvalue weighted by Gasteiger charge is 2.15. The third-order valence-electron chi connectivity index (χ3n) is 4.64. The van der Waals surface area contributed by atoms with Crippen LogP contribution >= 0.6 is 0 Å².